The van der Waals surface area contributed by atoms with E-state index in [4.69, 9.17) is 4.74 Å². The number of esters is 1. The molecule has 0 saturated heterocycles. The highest BCUT2D eigenvalue weighted by Gasteiger charge is 2.42. The van der Waals surface area contributed by atoms with Crippen molar-refractivity contribution in [2.45, 2.75) is 87.9 Å². The van der Waals surface area contributed by atoms with Crippen LogP contribution in [-0.2, 0) is 9.53 Å². The van der Waals surface area contributed by atoms with Gasteiger partial charge in [0.2, 0.25) is 0 Å². The summed E-state index contributed by atoms with van der Waals surface area (Å²) < 4.78 is 17.9. The van der Waals surface area contributed by atoms with Gasteiger partial charge in [-0.15, -0.1) is 11.8 Å². The highest BCUT2D eigenvalue weighted by Crippen LogP contribution is 2.41. The van der Waals surface area contributed by atoms with Gasteiger partial charge in [0.15, 0.2) is 0 Å². The second kappa shape index (κ2) is 14.6. The van der Waals surface area contributed by atoms with Crippen molar-refractivity contribution >= 4 is 17.7 Å². The predicted octanol–water partition coefficient (Wildman–Crippen LogP) is 5.09. The number of nitrogens with zero attached hydrogens (tertiary/aromatic N) is 1. The van der Waals surface area contributed by atoms with E-state index in [0.717, 1.165) is 37.0 Å². The van der Waals surface area contributed by atoms with Crippen molar-refractivity contribution in [3.63, 3.8) is 0 Å². The zero-order chi connectivity index (χ0) is 23.3. The van der Waals surface area contributed by atoms with Crippen LogP contribution in [0.15, 0.2) is 34.3 Å². The van der Waals surface area contributed by atoms with Crippen LogP contribution in [0.2, 0.25) is 0 Å². The Labute approximate surface area is 194 Å². The summed E-state index contributed by atoms with van der Waals surface area (Å²) in [5.74, 6) is 0.0415. The third-order valence-corrected chi connectivity index (χ3v) is 7.38. The van der Waals surface area contributed by atoms with Crippen molar-refractivity contribution < 1.29 is 24.1 Å². The Morgan fingerprint density at radius 2 is 1.91 bits per heavy atom. The molecule has 1 unspecified atom stereocenters. The molecule has 1 aliphatic rings. The molecule has 2 N–H and O–H groups in total. The maximum atomic E-state index is 13.0. The van der Waals surface area contributed by atoms with Crippen LogP contribution >= 0.6 is 11.8 Å². The normalized spacial score (nSPS) is 23.8. The number of aliphatic hydroxyl groups is 2. The van der Waals surface area contributed by atoms with Gasteiger partial charge < -0.3 is 14.9 Å². The highest BCUT2D eigenvalue weighted by atomic mass is 32.2. The van der Waals surface area contributed by atoms with Crippen LogP contribution in [0.3, 0.4) is 0 Å². The first-order valence-corrected chi connectivity index (χ1v) is 12.7. The molecule has 1 fully saturated rings. The molecule has 1 aromatic carbocycles. The standard InChI is InChI=1S/C24H36FNO5S/c1-2-31-24(29)8-6-4-3-5-7-21-20(22(26-30)15-23(21)28)14-11-18(27)16-32-19-12-9-17(25)10-13-19/h9-10,12-13,18,20-23,27-28H,2-8,11,14-16H2,1H3/t18-,20-,21-,22?,23+/m1/s1. The summed E-state index contributed by atoms with van der Waals surface area (Å²) in [5.41, 5.74) is 0. The molecule has 1 aliphatic carbocycles. The number of carbonyl (C=O) groups excluding carboxylic acids is 1. The quantitative estimate of drug-likeness (QED) is 0.161. The van der Waals surface area contributed by atoms with E-state index < -0.39 is 18.2 Å². The number of hydrogen-bond donors (Lipinski definition) is 2. The SMILES string of the molecule is CCOC(=O)CCCCCC[C@H]1[C@@H](O)CC(N=O)[C@@H]1CC[C@@H](O)CSc1ccc(F)cc1. The van der Waals surface area contributed by atoms with Crippen LogP contribution in [0.1, 0.15) is 64.7 Å². The second-order valence-electron chi connectivity index (χ2n) is 8.56. The highest BCUT2D eigenvalue weighted by molar-refractivity contribution is 7.99. The maximum Gasteiger partial charge on any atom is 0.305 e. The van der Waals surface area contributed by atoms with Gasteiger partial charge in [0.05, 0.1) is 24.9 Å². The number of unbranched alkanes of at least 4 members (excludes halogenated alkanes) is 3. The van der Waals surface area contributed by atoms with E-state index >= 15 is 0 Å². The average Bonchev–Trinajstić information content (AvgIpc) is 3.08. The molecule has 8 heteroatoms. The van der Waals surface area contributed by atoms with Crippen molar-refractivity contribution in [1.82, 2.24) is 0 Å². The molecule has 0 aromatic heterocycles. The van der Waals surface area contributed by atoms with Gasteiger partial charge in [-0.2, -0.15) is 4.91 Å². The third-order valence-electron chi connectivity index (χ3n) is 6.22. The minimum atomic E-state index is -0.543. The van der Waals surface area contributed by atoms with Crippen molar-refractivity contribution in [2.24, 2.45) is 17.0 Å². The lowest BCUT2D eigenvalue weighted by Gasteiger charge is -2.24. The van der Waals surface area contributed by atoms with E-state index in [-0.39, 0.29) is 23.6 Å². The second-order valence-corrected chi connectivity index (χ2v) is 9.65. The van der Waals surface area contributed by atoms with E-state index in [1.54, 1.807) is 19.1 Å². The van der Waals surface area contributed by atoms with Crippen LogP contribution in [0.4, 0.5) is 4.39 Å². The summed E-state index contributed by atoms with van der Waals surface area (Å²) in [6, 6.07) is 5.77. The van der Waals surface area contributed by atoms with E-state index in [0.29, 0.717) is 38.0 Å². The number of nitroso groups, excluding NO2 is 1. The van der Waals surface area contributed by atoms with Crippen molar-refractivity contribution in [2.75, 3.05) is 12.4 Å². The molecule has 0 aliphatic heterocycles. The number of benzene rings is 1. The van der Waals surface area contributed by atoms with Gasteiger partial charge in [-0.05, 0) is 75.1 Å². The van der Waals surface area contributed by atoms with Gasteiger partial charge in [-0.3, -0.25) is 4.79 Å². The summed E-state index contributed by atoms with van der Waals surface area (Å²) in [6.07, 6.45) is 5.37. The first-order valence-electron chi connectivity index (χ1n) is 11.7. The summed E-state index contributed by atoms with van der Waals surface area (Å²) in [7, 11) is 0. The molecule has 2 rings (SSSR count). The lowest BCUT2D eigenvalue weighted by atomic mass is 9.84. The van der Waals surface area contributed by atoms with E-state index in [1.807, 2.05) is 0 Å². The molecule has 180 valence electrons. The third kappa shape index (κ3) is 9.16. The molecule has 0 spiro atoms. The number of hydrogen-bond acceptors (Lipinski definition) is 7. The molecule has 0 amide bonds. The molecule has 0 bridgehead atoms. The van der Waals surface area contributed by atoms with Crippen LogP contribution in [0.5, 0.6) is 0 Å². The van der Waals surface area contributed by atoms with E-state index in [1.165, 1.54) is 23.9 Å². The summed E-state index contributed by atoms with van der Waals surface area (Å²) >= 11 is 1.47. The molecule has 6 nitrogen and oxygen atoms in total. The van der Waals surface area contributed by atoms with E-state index in [9.17, 15) is 24.3 Å². The van der Waals surface area contributed by atoms with Crippen molar-refractivity contribution in [3.8, 4) is 0 Å². The number of aliphatic hydroxyl groups excluding tert-OH is 2. The van der Waals surface area contributed by atoms with Crippen molar-refractivity contribution in [3.05, 3.63) is 35.0 Å². The predicted molar refractivity (Wildman–Crippen MR) is 124 cm³/mol. The largest absolute Gasteiger partial charge is 0.466 e. The van der Waals surface area contributed by atoms with Crippen LogP contribution in [0.25, 0.3) is 0 Å². The fraction of sp³-hybridized carbons (Fsp3) is 0.708. The monoisotopic (exact) mass is 469 g/mol. The number of carbonyl (C=O) groups is 1. The zero-order valence-electron chi connectivity index (χ0n) is 18.8. The molecule has 5 atom stereocenters. The van der Waals surface area contributed by atoms with Crippen LogP contribution in [-0.4, -0.2) is 46.8 Å². The minimum Gasteiger partial charge on any atom is -0.466 e. The average molecular weight is 470 g/mol. The smallest absolute Gasteiger partial charge is 0.305 e. The lowest BCUT2D eigenvalue weighted by Crippen LogP contribution is -2.23. The van der Waals surface area contributed by atoms with E-state index in [2.05, 4.69) is 5.18 Å². The van der Waals surface area contributed by atoms with Gasteiger partial charge in [0.25, 0.3) is 0 Å². The molecular weight excluding hydrogens is 433 g/mol. The molecule has 32 heavy (non-hydrogen) atoms. The Kier molecular flexibility index (Phi) is 12.2. The molecular formula is C24H36FNO5S. The van der Waals surface area contributed by atoms with Crippen molar-refractivity contribution in [1.29, 1.82) is 0 Å². The molecule has 1 saturated carbocycles. The van der Waals surface area contributed by atoms with Gasteiger partial charge >= 0.3 is 5.97 Å². The first-order chi connectivity index (χ1) is 15.4. The minimum absolute atomic E-state index is 0.0136. The molecule has 0 heterocycles. The van der Waals surface area contributed by atoms with Gasteiger partial charge in [0.1, 0.15) is 5.82 Å². The number of halogens is 1. The Morgan fingerprint density at radius 1 is 1.19 bits per heavy atom. The summed E-state index contributed by atoms with van der Waals surface area (Å²) in [6.45, 7) is 2.21. The lowest BCUT2D eigenvalue weighted by molar-refractivity contribution is -0.143. The summed E-state index contributed by atoms with van der Waals surface area (Å²) in [4.78, 5) is 23.6. The molecule has 0 radical (unpaired) electrons. The zero-order valence-corrected chi connectivity index (χ0v) is 19.6. The number of rotatable bonds is 15. The number of thioether (sulfide) groups is 1. The van der Waals surface area contributed by atoms with Gasteiger partial charge in [0, 0.05) is 17.1 Å². The Hall–Kier alpha value is -1.51. The topological polar surface area (TPSA) is 96.2 Å². The van der Waals surface area contributed by atoms with Gasteiger partial charge in [-0.25, -0.2) is 4.39 Å². The Balaban J connectivity index is 1.72. The molecule has 1 aromatic rings. The van der Waals surface area contributed by atoms with Crippen LogP contribution < -0.4 is 0 Å². The summed E-state index contributed by atoms with van der Waals surface area (Å²) in [5, 5.41) is 24.1. The first kappa shape index (κ1) is 26.7. The Morgan fingerprint density at radius 3 is 2.59 bits per heavy atom. The Bertz CT molecular complexity index is 689. The maximum absolute atomic E-state index is 13.0. The van der Waals surface area contributed by atoms with Gasteiger partial charge in [-0.1, -0.05) is 24.4 Å². The fourth-order valence-electron chi connectivity index (χ4n) is 4.53. The van der Waals surface area contributed by atoms with Crippen LogP contribution in [0, 0.1) is 22.6 Å². The number of ether oxygens (including phenoxy) is 1. The fourth-order valence-corrected chi connectivity index (χ4v) is 5.41.